The summed E-state index contributed by atoms with van der Waals surface area (Å²) < 4.78 is 5.30. The van der Waals surface area contributed by atoms with Crippen LogP contribution in [-0.4, -0.2) is 10.1 Å². The third kappa shape index (κ3) is 3.28. The number of nitrogens with zero attached hydrogens (tertiary/aromatic N) is 2. The highest BCUT2D eigenvalue weighted by molar-refractivity contribution is 5.57. The number of benzene rings is 2. The van der Waals surface area contributed by atoms with E-state index in [0.717, 1.165) is 24.1 Å². The lowest BCUT2D eigenvalue weighted by Gasteiger charge is -1.98. The van der Waals surface area contributed by atoms with Gasteiger partial charge in [0.2, 0.25) is 11.7 Å². The van der Waals surface area contributed by atoms with Crippen molar-refractivity contribution >= 4 is 5.69 Å². The van der Waals surface area contributed by atoms with E-state index >= 15 is 0 Å². The smallest absolute Gasteiger partial charge is 0.227 e. The first-order valence-electron chi connectivity index (χ1n) is 6.95. The van der Waals surface area contributed by atoms with E-state index in [-0.39, 0.29) is 0 Å². The molecular weight excluding hydrogens is 262 g/mol. The third-order valence-electron chi connectivity index (χ3n) is 3.39. The minimum absolute atomic E-state index is 0.605. The first kappa shape index (κ1) is 13.4. The van der Waals surface area contributed by atoms with Crippen LogP contribution in [0.4, 0.5) is 5.69 Å². The standard InChI is InChI=1S/C17H17N3O/c1-12-2-4-13(5-3-12)6-11-16-19-17(20-21-16)14-7-9-15(18)10-8-14/h2-5,7-10H,6,11,18H2,1H3. The van der Waals surface area contributed by atoms with Gasteiger partial charge in [0.15, 0.2) is 0 Å². The summed E-state index contributed by atoms with van der Waals surface area (Å²) in [5.74, 6) is 1.26. The minimum Gasteiger partial charge on any atom is -0.399 e. The van der Waals surface area contributed by atoms with Gasteiger partial charge in [-0.1, -0.05) is 35.0 Å². The van der Waals surface area contributed by atoms with Crippen LogP contribution in [0.15, 0.2) is 53.1 Å². The number of nitrogen functional groups attached to an aromatic ring is 1. The maximum Gasteiger partial charge on any atom is 0.227 e. The topological polar surface area (TPSA) is 64.9 Å². The average molecular weight is 279 g/mol. The van der Waals surface area contributed by atoms with Gasteiger partial charge in [0, 0.05) is 17.7 Å². The number of hydrogen-bond donors (Lipinski definition) is 1. The van der Waals surface area contributed by atoms with Crippen LogP contribution in [0.5, 0.6) is 0 Å². The lowest BCUT2D eigenvalue weighted by molar-refractivity contribution is 0.379. The number of aryl methyl sites for hydroxylation is 3. The molecule has 0 aliphatic heterocycles. The van der Waals surface area contributed by atoms with Crippen molar-refractivity contribution in [2.24, 2.45) is 0 Å². The predicted molar refractivity (Wildman–Crippen MR) is 82.7 cm³/mol. The second-order valence-corrected chi connectivity index (χ2v) is 5.12. The van der Waals surface area contributed by atoms with Crippen molar-refractivity contribution in [3.05, 3.63) is 65.5 Å². The average Bonchev–Trinajstić information content (AvgIpc) is 2.96. The Balaban J connectivity index is 1.67. The fourth-order valence-corrected chi connectivity index (χ4v) is 2.11. The molecule has 0 radical (unpaired) electrons. The Labute approximate surface area is 123 Å². The Morgan fingerprint density at radius 1 is 0.952 bits per heavy atom. The molecule has 0 bridgehead atoms. The SMILES string of the molecule is Cc1ccc(CCc2nc(-c3ccc(N)cc3)no2)cc1. The Kier molecular flexibility index (Phi) is 3.69. The molecule has 0 saturated carbocycles. The Morgan fingerprint density at radius 3 is 2.38 bits per heavy atom. The summed E-state index contributed by atoms with van der Waals surface area (Å²) in [6.07, 6.45) is 1.63. The summed E-state index contributed by atoms with van der Waals surface area (Å²) >= 11 is 0. The van der Waals surface area contributed by atoms with Crippen molar-refractivity contribution in [3.8, 4) is 11.4 Å². The number of aromatic nitrogens is 2. The summed E-state index contributed by atoms with van der Waals surface area (Å²) in [6, 6.07) is 15.9. The van der Waals surface area contributed by atoms with E-state index in [9.17, 15) is 0 Å². The van der Waals surface area contributed by atoms with Crippen molar-refractivity contribution in [1.82, 2.24) is 10.1 Å². The van der Waals surface area contributed by atoms with E-state index in [0.29, 0.717) is 11.7 Å². The van der Waals surface area contributed by atoms with Crippen LogP contribution < -0.4 is 5.73 Å². The molecule has 4 heteroatoms. The molecule has 2 N–H and O–H groups in total. The first-order chi connectivity index (χ1) is 10.2. The van der Waals surface area contributed by atoms with Gasteiger partial charge in [-0.15, -0.1) is 0 Å². The number of hydrogen-bond acceptors (Lipinski definition) is 4. The van der Waals surface area contributed by atoms with Gasteiger partial charge in [-0.2, -0.15) is 4.98 Å². The molecule has 0 unspecified atom stereocenters. The molecule has 0 amide bonds. The molecule has 0 aliphatic carbocycles. The van der Waals surface area contributed by atoms with E-state index in [1.165, 1.54) is 11.1 Å². The summed E-state index contributed by atoms with van der Waals surface area (Å²) in [6.45, 7) is 2.08. The molecule has 21 heavy (non-hydrogen) atoms. The molecule has 1 heterocycles. The molecule has 0 fully saturated rings. The fourth-order valence-electron chi connectivity index (χ4n) is 2.11. The number of anilines is 1. The summed E-state index contributed by atoms with van der Waals surface area (Å²) in [7, 11) is 0. The lowest BCUT2D eigenvalue weighted by atomic mass is 10.1. The quantitative estimate of drug-likeness (QED) is 0.743. The van der Waals surface area contributed by atoms with Gasteiger partial charge in [0.25, 0.3) is 0 Å². The maximum atomic E-state index is 5.67. The molecule has 3 rings (SSSR count). The Morgan fingerprint density at radius 2 is 1.67 bits per heavy atom. The Hall–Kier alpha value is -2.62. The molecule has 0 spiro atoms. The molecule has 0 aliphatic rings. The monoisotopic (exact) mass is 279 g/mol. The van der Waals surface area contributed by atoms with Crippen LogP contribution in [0, 0.1) is 6.92 Å². The zero-order chi connectivity index (χ0) is 14.7. The fraction of sp³-hybridized carbons (Fsp3) is 0.176. The van der Waals surface area contributed by atoms with E-state index in [2.05, 4.69) is 41.3 Å². The summed E-state index contributed by atoms with van der Waals surface area (Å²) in [4.78, 5) is 4.42. The van der Waals surface area contributed by atoms with Crippen LogP contribution in [-0.2, 0) is 12.8 Å². The van der Waals surface area contributed by atoms with Crippen molar-refractivity contribution < 1.29 is 4.52 Å². The highest BCUT2D eigenvalue weighted by Crippen LogP contribution is 2.18. The second kappa shape index (κ2) is 5.79. The number of nitrogens with two attached hydrogens (primary N) is 1. The molecule has 0 saturated heterocycles. The van der Waals surface area contributed by atoms with Crippen LogP contribution in [0.2, 0.25) is 0 Å². The summed E-state index contributed by atoms with van der Waals surface area (Å²) in [5.41, 5.74) is 9.84. The molecule has 2 aromatic carbocycles. The number of rotatable bonds is 4. The molecule has 1 aromatic heterocycles. The highest BCUT2D eigenvalue weighted by atomic mass is 16.5. The van der Waals surface area contributed by atoms with Gasteiger partial charge in [-0.25, -0.2) is 0 Å². The largest absolute Gasteiger partial charge is 0.399 e. The maximum absolute atomic E-state index is 5.67. The predicted octanol–water partition coefficient (Wildman–Crippen LogP) is 3.41. The lowest BCUT2D eigenvalue weighted by Crippen LogP contribution is -1.92. The molecule has 4 nitrogen and oxygen atoms in total. The van der Waals surface area contributed by atoms with Crippen LogP contribution in [0.3, 0.4) is 0 Å². The van der Waals surface area contributed by atoms with Gasteiger partial charge in [-0.3, -0.25) is 0 Å². The molecular formula is C17H17N3O. The molecule has 3 aromatic rings. The van der Waals surface area contributed by atoms with Gasteiger partial charge >= 0.3 is 0 Å². The normalized spacial score (nSPS) is 10.7. The molecule has 0 atom stereocenters. The second-order valence-electron chi connectivity index (χ2n) is 5.12. The van der Waals surface area contributed by atoms with E-state index in [4.69, 9.17) is 10.3 Å². The van der Waals surface area contributed by atoms with E-state index in [1.807, 2.05) is 24.3 Å². The molecule has 106 valence electrons. The van der Waals surface area contributed by atoms with Crippen molar-refractivity contribution in [2.75, 3.05) is 5.73 Å². The third-order valence-corrected chi connectivity index (χ3v) is 3.39. The Bertz CT molecular complexity index is 715. The van der Waals surface area contributed by atoms with Crippen molar-refractivity contribution in [1.29, 1.82) is 0 Å². The summed E-state index contributed by atoms with van der Waals surface area (Å²) in [5, 5.41) is 4.02. The van der Waals surface area contributed by atoms with E-state index < -0.39 is 0 Å². The minimum atomic E-state index is 0.605. The van der Waals surface area contributed by atoms with Crippen molar-refractivity contribution in [3.63, 3.8) is 0 Å². The van der Waals surface area contributed by atoms with Crippen LogP contribution in [0.25, 0.3) is 11.4 Å². The highest BCUT2D eigenvalue weighted by Gasteiger charge is 2.08. The van der Waals surface area contributed by atoms with Crippen LogP contribution in [0.1, 0.15) is 17.0 Å². The van der Waals surface area contributed by atoms with Gasteiger partial charge in [0.05, 0.1) is 0 Å². The zero-order valence-electron chi connectivity index (χ0n) is 11.9. The zero-order valence-corrected chi connectivity index (χ0v) is 11.9. The van der Waals surface area contributed by atoms with Gasteiger partial charge < -0.3 is 10.3 Å². The van der Waals surface area contributed by atoms with Gasteiger partial charge in [-0.05, 0) is 43.2 Å². The van der Waals surface area contributed by atoms with Gasteiger partial charge in [0.1, 0.15) is 0 Å². The van der Waals surface area contributed by atoms with E-state index in [1.54, 1.807) is 0 Å². The van der Waals surface area contributed by atoms with Crippen LogP contribution >= 0.6 is 0 Å². The van der Waals surface area contributed by atoms with Crippen molar-refractivity contribution in [2.45, 2.75) is 19.8 Å². The first-order valence-corrected chi connectivity index (χ1v) is 6.95.